The molecule has 2 nitrogen and oxygen atoms in total. The highest BCUT2D eigenvalue weighted by atomic mass is 28.3. The average Bonchev–Trinajstić information content (AvgIpc) is 2.48. The standard InChI is InChI=1S/C19H22N2Si/c1-13-6-9-18(20-14(13)2)19-10-7-15-12-16(22(3,4)5)8-11-17(15)21-19/h6-12H,1-5H3. The predicted octanol–water partition coefficient (Wildman–Crippen LogP) is 4.46. The van der Waals surface area contributed by atoms with Crippen LogP contribution in [-0.2, 0) is 0 Å². The zero-order chi connectivity index (χ0) is 15.9. The van der Waals surface area contributed by atoms with Gasteiger partial charge in [0.25, 0.3) is 0 Å². The fraction of sp³-hybridized carbons (Fsp3) is 0.263. The van der Waals surface area contributed by atoms with E-state index in [0.717, 1.165) is 22.6 Å². The van der Waals surface area contributed by atoms with Gasteiger partial charge >= 0.3 is 0 Å². The second-order valence-corrected chi connectivity index (χ2v) is 12.0. The number of nitrogens with zero attached hydrogens (tertiary/aromatic N) is 2. The van der Waals surface area contributed by atoms with Crippen molar-refractivity contribution in [3.63, 3.8) is 0 Å². The molecular weight excluding hydrogens is 284 g/mol. The van der Waals surface area contributed by atoms with E-state index >= 15 is 0 Å². The molecule has 112 valence electrons. The van der Waals surface area contributed by atoms with Gasteiger partial charge in [-0.25, -0.2) is 4.98 Å². The van der Waals surface area contributed by atoms with Crippen molar-refractivity contribution in [2.45, 2.75) is 33.5 Å². The molecule has 3 rings (SSSR count). The molecule has 0 aliphatic carbocycles. The Kier molecular flexibility index (Phi) is 3.61. The first kappa shape index (κ1) is 14.9. The maximum atomic E-state index is 4.79. The minimum atomic E-state index is -1.28. The molecule has 0 amide bonds. The molecule has 2 heterocycles. The summed E-state index contributed by atoms with van der Waals surface area (Å²) in [6.07, 6.45) is 0. The maximum Gasteiger partial charge on any atom is 0.0894 e. The van der Waals surface area contributed by atoms with Gasteiger partial charge in [0.05, 0.1) is 25.0 Å². The summed E-state index contributed by atoms with van der Waals surface area (Å²) in [5.41, 5.74) is 5.20. The Morgan fingerprint density at radius 2 is 1.45 bits per heavy atom. The smallest absolute Gasteiger partial charge is 0.0894 e. The largest absolute Gasteiger partial charge is 0.251 e. The van der Waals surface area contributed by atoms with Crippen LogP contribution in [-0.4, -0.2) is 18.0 Å². The number of pyridine rings is 2. The van der Waals surface area contributed by atoms with Crippen molar-refractivity contribution in [3.8, 4) is 11.4 Å². The lowest BCUT2D eigenvalue weighted by atomic mass is 10.1. The molecular formula is C19H22N2Si. The highest BCUT2D eigenvalue weighted by Gasteiger charge is 2.16. The Morgan fingerprint density at radius 3 is 2.14 bits per heavy atom. The SMILES string of the molecule is Cc1ccc(-c2ccc3cc([Si](C)(C)C)ccc3n2)nc1C. The summed E-state index contributed by atoms with van der Waals surface area (Å²) in [6.45, 7) is 11.2. The molecule has 0 saturated heterocycles. The van der Waals surface area contributed by atoms with Crippen LogP contribution in [0.25, 0.3) is 22.3 Å². The number of hydrogen-bond donors (Lipinski definition) is 0. The predicted molar refractivity (Wildman–Crippen MR) is 97.4 cm³/mol. The molecule has 1 aromatic carbocycles. The molecule has 0 unspecified atom stereocenters. The van der Waals surface area contributed by atoms with E-state index in [1.165, 1.54) is 16.1 Å². The second kappa shape index (κ2) is 5.32. The molecule has 0 aliphatic rings. The highest BCUT2D eigenvalue weighted by molar-refractivity contribution is 6.88. The van der Waals surface area contributed by atoms with Gasteiger partial charge in [-0.2, -0.15) is 0 Å². The van der Waals surface area contributed by atoms with Crippen molar-refractivity contribution >= 4 is 24.2 Å². The first-order valence-corrected chi connectivity index (χ1v) is 11.2. The summed E-state index contributed by atoms with van der Waals surface area (Å²) < 4.78 is 0. The van der Waals surface area contributed by atoms with Crippen LogP contribution in [0.4, 0.5) is 0 Å². The lowest BCUT2D eigenvalue weighted by Crippen LogP contribution is -2.37. The van der Waals surface area contributed by atoms with E-state index in [2.05, 4.69) is 67.9 Å². The number of benzene rings is 1. The van der Waals surface area contributed by atoms with Gasteiger partial charge in [0.15, 0.2) is 0 Å². The minimum Gasteiger partial charge on any atom is -0.251 e. The zero-order valence-electron chi connectivity index (χ0n) is 13.9. The monoisotopic (exact) mass is 306 g/mol. The zero-order valence-corrected chi connectivity index (χ0v) is 14.9. The Bertz CT molecular complexity index is 848. The average molecular weight is 306 g/mol. The van der Waals surface area contributed by atoms with Gasteiger partial charge in [0.1, 0.15) is 0 Å². The Balaban J connectivity index is 2.08. The first-order valence-electron chi connectivity index (χ1n) is 7.70. The van der Waals surface area contributed by atoms with E-state index in [-0.39, 0.29) is 0 Å². The minimum absolute atomic E-state index is 0.941. The number of aromatic nitrogens is 2. The van der Waals surface area contributed by atoms with Gasteiger partial charge < -0.3 is 0 Å². The molecule has 3 heteroatoms. The lowest BCUT2D eigenvalue weighted by Gasteiger charge is -2.17. The molecule has 0 bridgehead atoms. The third-order valence-electron chi connectivity index (χ3n) is 4.17. The van der Waals surface area contributed by atoms with Crippen molar-refractivity contribution < 1.29 is 0 Å². The van der Waals surface area contributed by atoms with Crippen molar-refractivity contribution in [3.05, 3.63) is 53.7 Å². The summed E-state index contributed by atoms with van der Waals surface area (Å²) in [5.74, 6) is 0. The van der Waals surface area contributed by atoms with Crippen LogP contribution in [0.2, 0.25) is 19.6 Å². The highest BCUT2D eigenvalue weighted by Crippen LogP contribution is 2.21. The summed E-state index contributed by atoms with van der Waals surface area (Å²) in [7, 11) is -1.28. The van der Waals surface area contributed by atoms with Crippen LogP contribution in [0.3, 0.4) is 0 Å². The Morgan fingerprint density at radius 1 is 0.773 bits per heavy atom. The van der Waals surface area contributed by atoms with E-state index in [9.17, 15) is 0 Å². The summed E-state index contributed by atoms with van der Waals surface area (Å²) in [4.78, 5) is 9.44. The van der Waals surface area contributed by atoms with Crippen molar-refractivity contribution in [2.75, 3.05) is 0 Å². The third-order valence-corrected chi connectivity index (χ3v) is 6.21. The van der Waals surface area contributed by atoms with Crippen LogP contribution in [0.5, 0.6) is 0 Å². The molecule has 0 atom stereocenters. The van der Waals surface area contributed by atoms with Crippen LogP contribution in [0.15, 0.2) is 42.5 Å². The van der Waals surface area contributed by atoms with Crippen molar-refractivity contribution in [1.82, 2.24) is 9.97 Å². The fourth-order valence-electron chi connectivity index (χ4n) is 2.51. The summed E-state index contributed by atoms with van der Waals surface area (Å²) in [5, 5.41) is 2.69. The topological polar surface area (TPSA) is 25.8 Å². The second-order valence-electron chi connectivity index (χ2n) is 6.95. The van der Waals surface area contributed by atoms with Gasteiger partial charge in [-0.05, 0) is 37.6 Å². The molecule has 0 spiro atoms. The fourth-order valence-corrected chi connectivity index (χ4v) is 3.68. The number of aryl methyl sites for hydroxylation is 2. The van der Waals surface area contributed by atoms with Crippen LogP contribution < -0.4 is 5.19 Å². The summed E-state index contributed by atoms with van der Waals surface area (Å²) >= 11 is 0. The van der Waals surface area contributed by atoms with Gasteiger partial charge in [0, 0.05) is 11.1 Å². The van der Waals surface area contributed by atoms with E-state index in [0.29, 0.717) is 0 Å². The number of fused-ring (bicyclic) bond motifs is 1. The van der Waals surface area contributed by atoms with Gasteiger partial charge in [-0.15, -0.1) is 0 Å². The molecule has 0 fully saturated rings. The van der Waals surface area contributed by atoms with E-state index in [4.69, 9.17) is 4.98 Å². The number of rotatable bonds is 2. The van der Waals surface area contributed by atoms with Crippen LogP contribution in [0.1, 0.15) is 11.3 Å². The molecule has 0 radical (unpaired) electrons. The maximum absolute atomic E-state index is 4.79. The molecule has 3 aromatic rings. The van der Waals surface area contributed by atoms with Gasteiger partial charge in [0.2, 0.25) is 0 Å². The number of hydrogen-bond acceptors (Lipinski definition) is 2. The Hall–Kier alpha value is -2.00. The lowest BCUT2D eigenvalue weighted by molar-refractivity contribution is 1.14. The van der Waals surface area contributed by atoms with Crippen molar-refractivity contribution in [2.24, 2.45) is 0 Å². The van der Waals surface area contributed by atoms with Crippen LogP contribution >= 0.6 is 0 Å². The van der Waals surface area contributed by atoms with Crippen molar-refractivity contribution in [1.29, 1.82) is 0 Å². The first-order chi connectivity index (χ1) is 10.3. The van der Waals surface area contributed by atoms with E-state index in [1.54, 1.807) is 0 Å². The van der Waals surface area contributed by atoms with E-state index in [1.807, 2.05) is 13.0 Å². The van der Waals surface area contributed by atoms with Gasteiger partial charge in [-0.3, -0.25) is 4.98 Å². The molecule has 22 heavy (non-hydrogen) atoms. The van der Waals surface area contributed by atoms with Crippen LogP contribution in [0, 0.1) is 13.8 Å². The normalized spacial score (nSPS) is 11.9. The molecule has 0 saturated carbocycles. The van der Waals surface area contributed by atoms with Gasteiger partial charge in [-0.1, -0.05) is 49.1 Å². The molecule has 0 N–H and O–H groups in total. The molecule has 0 aliphatic heterocycles. The third kappa shape index (κ3) is 2.81. The summed E-state index contributed by atoms with van der Waals surface area (Å²) in [6, 6.07) is 15.1. The van der Waals surface area contributed by atoms with E-state index < -0.39 is 8.07 Å². The molecule has 2 aromatic heterocycles. The quantitative estimate of drug-likeness (QED) is 0.653. The Labute approximate surface area is 133 Å².